The molecule has 0 spiro atoms. The molecule has 0 radical (unpaired) electrons. The Bertz CT molecular complexity index is 952. The zero-order valence-corrected chi connectivity index (χ0v) is 17.6. The first kappa shape index (κ1) is 21.7. The van der Waals surface area contributed by atoms with Crippen LogP contribution in [0.1, 0.15) is 11.1 Å². The molecule has 0 aliphatic heterocycles. The molecule has 3 rings (SSSR count). The fourth-order valence-electron chi connectivity index (χ4n) is 2.56. The second kappa shape index (κ2) is 10.7. The lowest BCUT2D eigenvalue weighted by atomic mass is 10.1. The smallest absolute Gasteiger partial charge is 0.224 e. The quantitative estimate of drug-likeness (QED) is 0.422. The topological polar surface area (TPSA) is 90.9 Å². The lowest BCUT2D eigenvalue weighted by Gasteiger charge is -2.11. The Morgan fingerprint density at radius 3 is 2.33 bits per heavy atom. The fourth-order valence-corrected chi connectivity index (χ4v) is 2.69. The van der Waals surface area contributed by atoms with E-state index in [0.29, 0.717) is 19.0 Å². The largest absolute Gasteiger partial charge is 0.366 e. The molecular formula is C20H24ClFN8. The van der Waals surface area contributed by atoms with E-state index in [1.165, 1.54) is 0 Å². The van der Waals surface area contributed by atoms with E-state index in [9.17, 15) is 4.39 Å². The van der Waals surface area contributed by atoms with Crippen molar-refractivity contribution in [3.8, 4) is 0 Å². The predicted octanol–water partition coefficient (Wildman–Crippen LogP) is 3.26. The van der Waals surface area contributed by atoms with Crippen molar-refractivity contribution in [2.75, 3.05) is 43.1 Å². The van der Waals surface area contributed by atoms with E-state index in [1.54, 1.807) is 6.20 Å². The first-order valence-corrected chi connectivity index (χ1v) is 9.82. The number of hydrogen-bond donors (Lipinski definition) is 3. The zero-order chi connectivity index (χ0) is 21.3. The molecule has 2 aromatic heterocycles. The maximum Gasteiger partial charge on any atom is 0.224 e. The summed E-state index contributed by atoms with van der Waals surface area (Å²) in [4.78, 5) is 18.2. The predicted molar refractivity (Wildman–Crippen MR) is 117 cm³/mol. The van der Waals surface area contributed by atoms with Crippen molar-refractivity contribution < 1.29 is 4.39 Å². The average Bonchev–Trinajstić information content (AvgIpc) is 2.74. The highest BCUT2D eigenvalue weighted by Crippen LogP contribution is 2.14. The number of anilines is 3. The van der Waals surface area contributed by atoms with Crippen LogP contribution >= 0.6 is 11.6 Å². The molecule has 3 N–H and O–H groups in total. The summed E-state index contributed by atoms with van der Waals surface area (Å²) in [5.41, 5.74) is 2.08. The first-order chi connectivity index (χ1) is 14.5. The third-order valence-corrected chi connectivity index (χ3v) is 4.35. The molecule has 1 aromatic carbocycles. The lowest BCUT2D eigenvalue weighted by Crippen LogP contribution is -2.21. The molecule has 0 amide bonds. The summed E-state index contributed by atoms with van der Waals surface area (Å²) in [6, 6.07) is 9.78. The molecule has 0 aliphatic rings. The fraction of sp³-hybridized carbons (Fsp3) is 0.300. The Morgan fingerprint density at radius 2 is 1.63 bits per heavy atom. The van der Waals surface area contributed by atoms with Crippen LogP contribution in [0.5, 0.6) is 0 Å². The number of halogens is 2. The summed E-state index contributed by atoms with van der Waals surface area (Å²) in [7, 11) is 4.04. The van der Waals surface area contributed by atoms with Crippen LogP contribution in [-0.4, -0.2) is 52.0 Å². The minimum absolute atomic E-state index is 0.00102. The van der Waals surface area contributed by atoms with Gasteiger partial charge in [-0.25, -0.2) is 14.4 Å². The van der Waals surface area contributed by atoms with E-state index in [1.807, 2.05) is 44.4 Å². The third-order valence-electron chi connectivity index (χ3n) is 4.17. The van der Waals surface area contributed by atoms with Gasteiger partial charge in [0.1, 0.15) is 5.82 Å². The van der Waals surface area contributed by atoms with Gasteiger partial charge in [-0.3, -0.25) is 0 Å². The van der Waals surface area contributed by atoms with E-state index in [0.717, 1.165) is 36.2 Å². The summed E-state index contributed by atoms with van der Waals surface area (Å²) >= 11 is 5.70. The third kappa shape index (κ3) is 6.78. The van der Waals surface area contributed by atoms with Crippen molar-refractivity contribution in [2.24, 2.45) is 0 Å². The molecule has 10 heteroatoms. The SMILES string of the molecule is CN(C)CCNc1nccc(NCc2ccc(CNc3nc(Cl)ncc3F)cc2)n1. The molecule has 158 valence electrons. The second-order valence-corrected chi connectivity index (χ2v) is 7.19. The molecule has 2 heterocycles. The van der Waals surface area contributed by atoms with Gasteiger partial charge in [-0.15, -0.1) is 0 Å². The van der Waals surface area contributed by atoms with Crippen molar-refractivity contribution in [2.45, 2.75) is 13.1 Å². The van der Waals surface area contributed by atoms with Gasteiger partial charge in [0.05, 0.1) is 6.20 Å². The number of nitrogens with one attached hydrogen (secondary N) is 3. The highest BCUT2D eigenvalue weighted by Gasteiger charge is 2.06. The van der Waals surface area contributed by atoms with E-state index < -0.39 is 5.82 Å². The summed E-state index contributed by atoms with van der Waals surface area (Å²) in [6.07, 6.45) is 2.77. The molecule has 0 fully saturated rings. The maximum absolute atomic E-state index is 13.7. The molecule has 0 bridgehead atoms. The molecule has 30 heavy (non-hydrogen) atoms. The Balaban J connectivity index is 1.49. The summed E-state index contributed by atoms with van der Waals surface area (Å²) in [5, 5.41) is 9.42. The van der Waals surface area contributed by atoms with E-state index in [4.69, 9.17) is 11.6 Å². The molecule has 0 unspecified atom stereocenters. The molecule has 8 nitrogen and oxygen atoms in total. The van der Waals surface area contributed by atoms with Crippen LogP contribution in [0.2, 0.25) is 5.28 Å². The molecule has 0 aliphatic carbocycles. The summed E-state index contributed by atoms with van der Waals surface area (Å²) in [6.45, 7) is 2.72. The standard InChI is InChI=1S/C20H24ClFN8/c1-30(2)10-9-24-20-23-8-7-17(28-20)25-11-14-3-5-15(6-4-14)12-26-18-16(22)13-27-19(21)29-18/h3-8,13H,9-12H2,1-2H3,(H,26,27,29)(H2,23,24,25,28). The van der Waals surface area contributed by atoms with Crippen molar-refractivity contribution >= 4 is 29.2 Å². The zero-order valence-electron chi connectivity index (χ0n) is 16.9. The maximum atomic E-state index is 13.7. The summed E-state index contributed by atoms with van der Waals surface area (Å²) < 4.78 is 13.7. The molecule has 3 aromatic rings. The van der Waals surface area contributed by atoms with Gasteiger partial charge < -0.3 is 20.9 Å². The Morgan fingerprint density at radius 1 is 0.933 bits per heavy atom. The van der Waals surface area contributed by atoms with Gasteiger partial charge in [0.25, 0.3) is 0 Å². The van der Waals surface area contributed by atoms with Gasteiger partial charge in [-0.2, -0.15) is 9.97 Å². The van der Waals surface area contributed by atoms with Crippen LogP contribution < -0.4 is 16.0 Å². The van der Waals surface area contributed by atoms with E-state index >= 15 is 0 Å². The monoisotopic (exact) mass is 430 g/mol. The lowest BCUT2D eigenvalue weighted by molar-refractivity contribution is 0.425. The van der Waals surface area contributed by atoms with Gasteiger partial charge in [-0.05, 0) is 42.9 Å². The van der Waals surface area contributed by atoms with Crippen molar-refractivity contribution in [3.05, 3.63) is 65.0 Å². The minimum Gasteiger partial charge on any atom is -0.366 e. The van der Waals surface area contributed by atoms with Gasteiger partial charge in [0, 0.05) is 32.4 Å². The molecule has 0 saturated heterocycles. The van der Waals surface area contributed by atoms with Crippen LogP contribution in [0.15, 0.2) is 42.7 Å². The number of benzene rings is 1. The number of rotatable bonds is 10. The highest BCUT2D eigenvalue weighted by molar-refractivity contribution is 6.28. The van der Waals surface area contributed by atoms with Crippen LogP contribution in [0.25, 0.3) is 0 Å². The molecular weight excluding hydrogens is 407 g/mol. The van der Waals surface area contributed by atoms with Crippen LogP contribution in [-0.2, 0) is 13.1 Å². The first-order valence-electron chi connectivity index (χ1n) is 9.45. The number of likely N-dealkylation sites (N-methyl/N-ethyl adjacent to an activating group) is 1. The van der Waals surface area contributed by atoms with Crippen molar-refractivity contribution in [1.82, 2.24) is 24.8 Å². The number of nitrogens with zero attached hydrogens (tertiary/aromatic N) is 5. The van der Waals surface area contributed by atoms with Gasteiger partial charge in [-0.1, -0.05) is 24.3 Å². The summed E-state index contributed by atoms with van der Waals surface area (Å²) in [5.74, 6) is 0.889. The van der Waals surface area contributed by atoms with E-state index in [2.05, 4.69) is 40.8 Å². The number of aromatic nitrogens is 4. The van der Waals surface area contributed by atoms with Gasteiger partial charge in [0.2, 0.25) is 11.2 Å². The van der Waals surface area contributed by atoms with Crippen LogP contribution in [0.4, 0.5) is 22.0 Å². The Labute approximate surface area is 179 Å². The van der Waals surface area contributed by atoms with Crippen molar-refractivity contribution in [1.29, 1.82) is 0 Å². The molecule has 0 atom stereocenters. The Kier molecular flexibility index (Phi) is 7.69. The highest BCUT2D eigenvalue weighted by atomic mass is 35.5. The van der Waals surface area contributed by atoms with Crippen LogP contribution in [0, 0.1) is 5.82 Å². The normalized spacial score (nSPS) is 10.8. The second-order valence-electron chi connectivity index (χ2n) is 6.85. The van der Waals surface area contributed by atoms with Gasteiger partial charge >= 0.3 is 0 Å². The van der Waals surface area contributed by atoms with Gasteiger partial charge in [0.15, 0.2) is 11.6 Å². The Hall–Kier alpha value is -3.04. The number of hydrogen-bond acceptors (Lipinski definition) is 8. The molecule has 0 saturated carbocycles. The van der Waals surface area contributed by atoms with Crippen LogP contribution in [0.3, 0.4) is 0 Å². The van der Waals surface area contributed by atoms with Crippen molar-refractivity contribution in [3.63, 3.8) is 0 Å². The van der Waals surface area contributed by atoms with E-state index in [-0.39, 0.29) is 11.1 Å². The average molecular weight is 431 g/mol. The minimum atomic E-state index is -0.541.